The van der Waals surface area contributed by atoms with Gasteiger partial charge in [-0.05, 0) is 24.6 Å². The molecule has 138 valence electrons. The molecule has 0 radical (unpaired) electrons. The van der Waals surface area contributed by atoms with Crippen LogP contribution in [0.15, 0.2) is 42.5 Å². The molecule has 2 aromatic rings. The van der Waals surface area contributed by atoms with E-state index < -0.39 is 0 Å². The Morgan fingerprint density at radius 3 is 2.62 bits per heavy atom. The Morgan fingerprint density at radius 1 is 1.27 bits per heavy atom. The van der Waals surface area contributed by atoms with Crippen molar-refractivity contribution >= 4 is 45.6 Å². The number of allylic oxidation sites excluding steroid dienone is 3. The summed E-state index contributed by atoms with van der Waals surface area (Å²) in [6, 6.07) is 5.50. The van der Waals surface area contributed by atoms with Crippen LogP contribution in [0.4, 0.5) is 5.13 Å². The second kappa shape index (κ2) is 8.85. The van der Waals surface area contributed by atoms with Gasteiger partial charge in [-0.1, -0.05) is 68.3 Å². The van der Waals surface area contributed by atoms with Crippen LogP contribution in [0, 0.1) is 0 Å². The second-order valence-electron chi connectivity index (χ2n) is 6.83. The smallest absolute Gasteiger partial charge is 0.250 e. The number of hydrogen-bond donors (Lipinski definition) is 1. The van der Waals surface area contributed by atoms with Crippen molar-refractivity contribution in [2.45, 2.75) is 39.5 Å². The summed E-state index contributed by atoms with van der Waals surface area (Å²) in [6.45, 7) is 8.21. The van der Waals surface area contributed by atoms with Gasteiger partial charge in [-0.2, -0.15) is 0 Å². The fourth-order valence-electron chi connectivity index (χ4n) is 2.35. The molecular formula is C20H22Cl2N2OS. The first-order chi connectivity index (χ1) is 12.2. The van der Waals surface area contributed by atoms with Crippen LogP contribution < -0.4 is 5.32 Å². The van der Waals surface area contributed by atoms with Crippen molar-refractivity contribution in [2.24, 2.45) is 0 Å². The monoisotopic (exact) mass is 408 g/mol. The summed E-state index contributed by atoms with van der Waals surface area (Å²) in [5.41, 5.74) is 1.80. The SMILES string of the molecule is C/C=C/C=C/C(=O)Nc1nc(C(C)(C)C)c(Cc2ccc(Cl)cc2Cl)s1. The molecule has 3 nitrogen and oxygen atoms in total. The van der Waals surface area contributed by atoms with Gasteiger partial charge < -0.3 is 0 Å². The number of rotatable bonds is 5. The van der Waals surface area contributed by atoms with E-state index in [9.17, 15) is 4.79 Å². The fraction of sp³-hybridized carbons (Fsp3) is 0.300. The zero-order chi connectivity index (χ0) is 19.3. The number of hydrogen-bond acceptors (Lipinski definition) is 3. The van der Waals surface area contributed by atoms with E-state index in [1.54, 1.807) is 18.2 Å². The van der Waals surface area contributed by atoms with Crippen molar-refractivity contribution in [2.75, 3.05) is 5.32 Å². The lowest BCUT2D eigenvalue weighted by Crippen LogP contribution is -2.15. The lowest BCUT2D eigenvalue weighted by Gasteiger charge is -2.17. The number of thiazole rings is 1. The number of anilines is 1. The van der Waals surface area contributed by atoms with Gasteiger partial charge in [0.2, 0.25) is 5.91 Å². The van der Waals surface area contributed by atoms with Crippen LogP contribution in [0.5, 0.6) is 0 Å². The fourth-order valence-corrected chi connectivity index (χ4v) is 4.02. The number of nitrogens with zero attached hydrogens (tertiary/aromatic N) is 1. The minimum Gasteiger partial charge on any atom is -0.298 e. The first-order valence-electron chi connectivity index (χ1n) is 8.25. The van der Waals surface area contributed by atoms with Gasteiger partial charge in [0.1, 0.15) is 0 Å². The van der Waals surface area contributed by atoms with Crippen molar-refractivity contribution in [3.05, 3.63) is 68.7 Å². The molecule has 0 unspecified atom stereocenters. The number of nitrogens with one attached hydrogen (secondary N) is 1. The van der Waals surface area contributed by atoms with Gasteiger partial charge in [-0.25, -0.2) is 4.98 Å². The lowest BCUT2D eigenvalue weighted by molar-refractivity contribution is -0.111. The molecule has 0 fully saturated rings. The molecule has 0 saturated carbocycles. The van der Waals surface area contributed by atoms with Crippen molar-refractivity contribution in [3.63, 3.8) is 0 Å². The van der Waals surface area contributed by atoms with Gasteiger partial charge in [0.25, 0.3) is 0 Å². The van der Waals surface area contributed by atoms with Gasteiger partial charge in [-0.3, -0.25) is 10.1 Å². The molecule has 2 rings (SSSR count). The van der Waals surface area contributed by atoms with Crippen molar-refractivity contribution in [3.8, 4) is 0 Å². The molecule has 26 heavy (non-hydrogen) atoms. The molecule has 0 spiro atoms. The first kappa shape index (κ1) is 20.7. The number of benzene rings is 1. The Morgan fingerprint density at radius 2 is 2.00 bits per heavy atom. The summed E-state index contributed by atoms with van der Waals surface area (Å²) in [6.07, 6.45) is 7.48. The van der Waals surface area contributed by atoms with Gasteiger partial charge >= 0.3 is 0 Å². The highest BCUT2D eigenvalue weighted by molar-refractivity contribution is 7.16. The van der Waals surface area contributed by atoms with E-state index in [1.807, 2.05) is 25.1 Å². The number of halogens is 2. The number of carbonyl (C=O) groups excluding carboxylic acids is 1. The molecule has 0 bridgehead atoms. The van der Waals surface area contributed by atoms with Gasteiger partial charge in [0, 0.05) is 32.8 Å². The summed E-state index contributed by atoms with van der Waals surface area (Å²) in [5.74, 6) is -0.201. The second-order valence-corrected chi connectivity index (χ2v) is 8.75. The van der Waals surface area contributed by atoms with E-state index >= 15 is 0 Å². The largest absolute Gasteiger partial charge is 0.298 e. The van der Waals surface area contributed by atoms with E-state index in [1.165, 1.54) is 17.4 Å². The molecule has 0 saturated heterocycles. The summed E-state index contributed by atoms with van der Waals surface area (Å²) in [7, 11) is 0. The summed E-state index contributed by atoms with van der Waals surface area (Å²) < 4.78 is 0. The number of aromatic nitrogens is 1. The van der Waals surface area contributed by atoms with Gasteiger partial charge in [-0.15, -0.1) is 11.3 Å². The molecule has 1 N–H and O–H groups in total. The molecule has 1 heterocycles. The first-order valence-corrected chi connectivity index (χ1v) is 9.82. The molecule has 0 aliphatic rings. The quantitative estimate of drug-likeness (QED) is 0.458. The lowest BCUT2D eigenvalue weighted by atomic mass is 9.90. The highest BCUT2D eigenvalue weighted by Gasteiger charge is 2.24. The average molecular weight is 409 g/mol. The van der Waals surface area contributed by atoms with Crippen LogP contribution in [0.25, 0.3) is 0 Å². The molecule has 1 aromatic heterocycles. The molecule has 0 aliphatic carbocycles. The van der Waals surface area contributed by atoms with E-state index in [4.69, 9.17) is 23.2 Å². The number of carbonyl (C=O) groups is 1. The average Bonchev–Trinajstić information content (AvgIpc) is 2.93. The van der Waals surface area contributed by atoms with Crippen LogP contribution in [0.2, 0.25) is 10.0 Å². The zero-order valence-electron chi connectivity index (χ0n) is 15.3. The Balaban J connectivity index is 2.30. The maximum atomic E-state index is 12.0. The predicted octanol–water partition coefficient (Wildman–Crippen LogP) is 6.41. The Labute approximate surface area is 168 Å². The highest BCUT2D eigenvalue weighted by atomic mass is 35.5. The van der Waals surface area contributed by atoms with Crippen LogP contribution in [0.3, 0.4) is 0 Å². The van der Waals surface area contributed by atoms with Crippen molar-refractivity contribution in [1.29, 1.82) is 0 Å². The third-order valence-electron chi connectivity index (χ3n) is 3.56. The van der Waals surface area contributed by atoms with Crippen molar-refractivity contribution in [1.82, 2.24) is 4.98 Å². The third-order valence-corrected chi connectivity index (χ3v) is 5.11. The molecule has 6 heteroatoms. The number of amides is 1. The van der Waals surface area contributed by atoms with Crippen LogP contribution >= 0.6 is 34.5 Å². The summed E-state index contributed by atoms with van der Waals surface area (Å²) in [5, 5.41) is 4.67. The minimum absolute atomic E-state index is 0.144. The van der Waals surface area contributed by atoms with E-state index in [2.05, 4.69) is 31.1 Å². The molecule has 0 atom stereocenters. The Kier molecular flexibility index (Phi) is 7.04. The van der Waals surface area contributed by atoms with E-state index in [0.717, 1.165) is 16.1 Å². The van der Waals surface area contributed by atoms with Gasteiger partial charge in [0.05, 0.1) is 5.69 Å². The predicted molar refractivity (Wildman–Crippen MR) is 113 cm³/mol. The van der Waals surface area contributed by atoms with E-state index in [0.29, 0.717) is 21.6 Å². The molecular weight excluding hydrogens is 387 g/mol. The highest BCUT2D eigenvalue weighted by Crippen LogP contribution is 2.35. The Bertz CT molecular complexity index is 848. The standard InChI is InChI=1S/C20H22Cl2N2OS/c1-5-6-7-8-17(25)23-19-24-18(20(2,3)4)16(26-19)11-13-9-10-14(21)12-15(13)22/h5-10,12H,11H2,1-4H3,(H,23,24,25)/b6-5+,8-7+. The van der Waals surface area contributed by atoms with Crippen LogP contribution in [-0.2, 0) is 16.6 Å². The Hall–Kier alpha value is -1.62. The summed E-state index contributed by atoms with van der Waals surface area (Å²) in [4.78, 5) is 17.7. The third kappa shape index (κ3) is 5.70. The summed E-state index contributed by atoms with van der Waals surface area (Å²) >= 11 is 13.8. The van der Waals surface area contributed by atoms with Crippen molar-refractivity contribution < 1.29 is 4.79 Å². The maximum Gasteiger partial charge on any atom is 0.250 e. The molecule has 1 amide bonds. The maximum absolute atomic E-state index is 12.0. The zero-order valence-corrected chi connectivity index (χ0v) is 17.6. The van der Waals surface area contributed by atoms with Gasteiger partial charge in [0.15, 0.2) is 5.13 Å². The topological polar surface area (TPSA) is 42.0 Å². The minimum atomic E-state index is -0.201. The van der Waals surface area contributed by atoms with E-state index in [-0.39, 0.29) is 11.3 Å². The molecule has 1 aromatic carbocycles. The normalized spacial score (nSPS) is 12.2. The van der Waals surface area contributed by atoms with Crippen LogP contribution in [0.1, 0.15) is 43.8 Å². The van der Waals surface area contributed by atoms with Crippen LogP contribution in [-0.4, -0.2) is 10.9 Å². The molecule has 0 aliphatic heterocycles.